The smallest absolute Gasteiger partial charge is 0.332 e. The molecule has 0 bridgehead atoms. The maximum absolute atomic E-state index is 11.9. The first-order valence-electron chi connectivity index (χ1n) is 5.06. The number of ether oxygens (including phenoxy) is 1. The molecule has 0 unspecified atom stereocenters. The number of carbonyl (C=O) groups excluding carboxylic acids is 1. The van der Waals surface area contributed by atoms with Crippen LogP contribution in [0.2, 0.25) is 0 Å². The van der Waals surface area contributed by atoms with Crippen LogP contribution in [0.4, 0.5) is 0 Å². The molecule has 16 heavy (non-hydrogen) atoms. The normalized spacial score (nSPS) is 16.2. The van der Waals surface area contributed by atoms with Crippen LogP contribution >= 0.6 is 11.3 Å². The van der Waals surface area contributed by atoms with Gasteiger partial charge in [-0.25, -0.2) is 4.79 Å². The molecule has 0 aliphatic carbocycles. The van der Waals surface area contributed by atoms with Gasteiger partial charge < -0.3 is 4.74 Å². The van der Waals surface area contributed by atoms with Crippen molar-refractivity contribution < 1.29 is 9.53 Å². The molecule has 0 fully saturated rings. The second kappa shape index (κ2) is 4.61. The molecule has 1 aliphatic heterocycles. The molecule has 0 N–H and O–H groups in total. The van der Waals surface area contributed by atoms with Gasteiger partial charge in [-0.3, -0.25) is 14.4 Å². The molecular formula is C10H12N2O3S. The van der Waals surface area contributed by atoms with E-state index in [4.69, 9.17) is 0 Å². The lowest BCUT2D eigenvalue weighted by molar-refractivity contribution is -0.133. The van der Waals surface area contributed by atoms with Gasteiger partial charge in [-0.2, -0.15) is 0 Å². The molecule has 0 aromatic carbocycles. The minimum atomic E-state index is -0.505. The fraction of sp³-hybridized carbons (Fsp3) is 0.500. The van der Waals surface area contributed by atoms with E-state index in [0.717, 1.165) is 19.4 Å². The molecule has 0 amide bonds. The van der Waals surface area contributed by atoms with Crippen LogP contribution in [0.5, 0.6) is 0 Å². The molecule has 1 aromatic heterocycles. The summed E-state index contributed by atoms with van der Waals surface area (Å²) in [6, 6.07) is 0. The zero-order valence-electron chi connectivity index (χ0n) is 8.93. The predicted octanol–water partition coefficient (Wildman–Crippen LogP) is -0.723. The van der Waals surface area contributed by atoms with Crippen molar-refractivity contribution in [1.82, 2.24) is 4.57 Å². The summed E-state index contributed by atoms with van der Waals surface area (Å²) >= 11 is 1.25. The molecule has 1 aromatic rings. The Hall–Kier alpha value is -1.43. The molecule has 2 rings (SSSR count). The molecule has 5 nitrogen and oxygen atoms in total. The quantitative estimate of drug-likeness (QED) is 0.608. The summed E-state index contributed by atoms with van der Waals surface area (Å²) in [5.74, 6) is -0.505. The number of rotatable bonds is 1. The van der Waals surface area contributed by atoms with E-state index >= 15 is 0 Å². The van der Waals surface area contributed by atoms with Crippen LogP contribution in [-0.4, -0.2) is 24.2 Å². The van der Waals surface area contributed by atoms with Crippen molar-refractivity contribution in [3.05, 3.63) is 19.7 Å². The molecule has 0 spiro atoms. The first-order valence-corrected chi connectivity index (χ1v) is 5.88. The van der Waals surface area contributed by atoms with Gasteiger partial charge in [-0.15, -0.1) is 0 Å². The van der Waals surface area contributed by atoms with E-state index in [-0.39, 0.29) is 5.56 Å². The molecule has 86 valence electrons. The van der Waals surface area contributed by atoms with Crippen LogP contribution in [0.3, 0.4) is 0 Å². The summed E-state index contributed by atoms with van der Waals surface area (Å²) in [5.41, 5.74) is -0.143. The lowest BCUT2D eigenvalue weighted by Crippen LogP contribution is -2.31. The third-order valence-corrected chi connectivity index (χ3v) is 3.42. The lowest BCUT2D eigenvalue weighted by Gasteiger charge is -1.94. The highest BCUT2D eigenvalue weighted by Gasteiger charge is 2.08. The van der Waals surface area contributed by atoms with Gasteiger partial charge in [0.1, 0.15) is 4.53 Å². The van der Waals surface area contributed by atoms with Crippen molar-refractivity contribution >= 4 is 23.4 Å². The van der Waals surface area contributed by atoms with E-state index < -0.39 is 5.97 Å². The van der Waals surface area contributed by atoms with Crippen LogP contribution in [0, 0.1) is 0 Å². The second-order valence-electron chi connectivity index (χ2n) is 3.46. The third-order valence-electron chi connectivity index (χ3n) is 2.38. The first kappa shape index (κ1) is 11.1. The number of methoxy groups -OCH3 is 1. The van der Waals surface area contributed by atoms with Gasteiger partial charge in [0.25, 0.3) is 5.56 Å². The number of carbonyl (C=O) groups is 1. The van der Waals surface area contributed by atoms with E-state index in [9.17, 15) is 9.59 Å². The Balaban J connectivity index is 2.59. The Morgan fingerprint density at radius 3 is 3.12 bits per heavy atom. The van der Waals surface area contributed by atoms with E-state index in [0.29, 0.717) is 15.9 Å². The van der Waals surface area contributed by atoms with Crippen LogP contribution in [-0.2, 0) is 16.1 Å². The van der Waals surface area contributed by atoms with Crippen LogP contribution in [0.1, 0.15) is 12.8 Å². The number of hydrogen-bond donors (Lipinski definition) is 0. The highest BCUT2D eigenvalue weighted by atomic mass is 32.1. The minimum Gasteiger partial charge on any atom is -0.466 e. The van der Waals surface area contributed by atoms with Gasteiger partial charge >= 0.3 is 5.97 Å². The fourth-order valence-electron chi connectivity index (χ4n) is 1.55. The number of hydrogen-bond acceptors (Lipinski definition) is 5. The average Bonchev–Trinajstić information content (AvgIpc) is 2.48. The highest BCUT2D eigenvalue weighted by molar-refractivity contribution is 7.07. The Labute approximate surface area is 95.7 Å². The maximum atomic E-state index is 11.9. The maximum Gasteiger partial charge on any atom is 0.332 e. The van der Waals surface area contributed by atoms with Gasteiger partial charge in [0, 0.05) is 19.2 Å². The van der Waals surface area contributed by atoms with Crippen molar-refractivity contribution in [2.24, 2.45) is 4.99 Å². The Morgan fingerprint density at radius 1 is 1.56 bits per heavy atom. The number of aromatic nitrogens is 1. The average molecular weight is 240 g/mol. The van der Waals surface area contributed by atoms with Crippen molar-refractivity contribution in [1.29, 1.82) is 0 Å². The summed E-state index contributed by atoms with van der Waals surface area (Å²) in [6.07, 6.45) is 3.18. The summed E-state index contributed by atoms with van der Waals surface area (Å²) in [5, 5.41) is 0. The first-order chi connectivity index (χ1) is 7.72. The Bertz CT molecular complexity index is 570. The summed E-state index contributed by atoms with van der Waals surface area (Å²) in [4.78, 5) is 28.0. The molecular weight excluding hydrogens is 228 g/mol. The molecule has 0 saturated heterocycles. The molecule has 6 heteroatoms. The van der Waals surface area contributed by atoms with Gasteiger partial charge in [0.2, 0.25) is 0 Å². The number of esters is 1. The standard InChI is InChI=1S/C10H12N2O3S/c1-15-8(13)6-7-9(14)12-5-3-2-4-11-10(12)16-7/h6H,2-5H2,1H3/b7-6+. The number of thiazole rings is 1. The Morgan fingerprint density at radius 2 is 2.38 bits per heavy atom. The highest BCUT2D eigenvalue weighted by Crippen LogP contribution is 1.95. The summed E-state index contributed by atoms with van der Waals surface area (Å²) in [6.45, 7) is 1.43. The van der Waals surface area contributed by atoms with Crippen molar-refractivity contribution in [3.8, 4) is 0 Å². The lowest BCUT2D eigenvalue weighted by atomic mass is 10.3. The van der Waals surface area contributed by atoms with Crippen molar-refractivity contribution in [2.75, 3.05) is 13.7 Å². The monoisotopic (exact) mass is 240 g/mol. The van der Waals surface area contributed by atoms with E-state index in [1.165, 1.54) is 24.5 Å². The van der Waals surface area contributed by atoms with Gasteiger partial charge in [0.15, 0.2) is 4.80 Å². The molecule has 0 atom stereocenters. The van der Waals surface area contributed by atoms with Gasteiger partial charge in [0.05, 0.1) is 7.11 Å². The third kappa shape index (κ3) is 2.06. The SMILES string of the molecule is COC(=O)/C=c1/sc2n(c1=O)CCCCN=2. The van der Waals surface area contributed by atoms with Crippen LogP contribution in [0.15, 0.2) is 9.79 Å². The summed E-state index contributed by atoms with van der Waals surface area (Å²) < 4.78 is 6.53. The molecule has 0 radical (unpaired) electrons. The van der Waals surface area contributed by atoms with Crippen molar-refractivity contribution in [2.45, 2.75) is 19.4 Å². The predicted molar refractivity (Wildman–Crippen MR) is 59.9 cm³/mol. The van der Waals surface area contributed by atoms with E-state index in [2.05, 4.69) is 9.73 Å². The largest absolute Gasteiger partial charge is 0.466 e. The Kier molecular flexibility index (Phi) is 3.19. The number of fused-ring (bicyclic) bond motifs is 1. The molecule has 2 heterocycles. The van der Waals surface area contributed by atoms with Gasteiger partial charge in [-0.05, 0) is 12.8 Å². The van der Waals surface area contributed by atoms with Crippen LogP contribution < -0.4 is 14.9 Å². The zero-order chi connectivity index (χ0) is 11.5. The van der Waals surface area contributed by atoms with E-state index in [1.54, 1.807) is 4.57 Å². The number of nitrogens with zero attached hydrogens (tertiary/aromatic N) is 2. The fourth-order valence-corrected chi connectivity index (χ4v) is 2.53. The molecule has 1 aliphatic rings. The topological polar surface area (TPSA) is 60.7 Å². The van der Waals surface area contributed by atoms with Crippen molar-refractivity contribution in [3.63, 3.8) is 0 Å². The zero-order valence-corrected chi connectivity index (χ0v) is 9.75. The van der Waals surface area contributed by atoms with E-state index in [1.807, 2.05) is 0 Å². The summed E-state index contributed by atoms with van der Waals surface area (Å²) in [7, 11) is 1.29. The minimum absolute atomic E-state index is 0.143. The van der Waals surface area contributed by atoms with Crippen LogP contribution in [0.25, 0.3) is 6.08 Å². The second-order valence-corrected chi connectivity index (χ2v) is 4.47. The molecule has 0 saturated carbocycles. The van der Waals surface area contributed by atoms with Gasteiger partial charge in [-0.1, -0.05) is 11.3 Å².